The highest BCUT2D eigenvalue weighted by Crippen LogP contribution is 2.36. The average molecular weight is 520 g/mol. The molecule has 2 fully saturated rings. The maximum absolute atomic E-state index is 14.3. The Bertz CT molecular complexity index is 1070. The van der Waals surface area contributed by atoms with Crippen LogP contribution in [-0.4, -0.2) is 46.5 Å². The third-order valence-electron chi connectivity index (χ3n) is 7.06. The van der Waals surface area contributed by atoms with Gasteiger partial charge in [0.25, 0.3) is 0 Å². The summed E-state index contributed by atoms with van der Waals surface area (Å²) in [4.78, 5) is 42.7. The number of hydrogen-bond donors (Lipinski definition) is 2. The monoisotopic (exact) mass is 519 g/mol. The van der Waals surface area contributed by atoms with Crippen molar-refractivity contribution in [3.63, 3.8) is 0 Å². The van der Waals surface area contributed by atoms with Crippen LogP contribution in [0.5, 0.6) is 0 Å². The molecule has 0 saturated heterocycles. The van der Waals surface area contributed by atoms with Crippen molar-refractivity contribution < 1.29 is 19.1 Å². The smallest absolute Gasteiger partial charge is 0.408 e. The van der Waals surface area contributed by atoms with Gasteiger partial charge in [0.15, 0.2) is 0 Å². The van der Waals surface area contributed by atoms with Gasteiger partial charge >= 0.3 is 6.09 Å². The van der Waals surface area contributed by atoms with Crippen molar-refractivity contribution in [3.05, 3.63) is 71.8 Å². The van der Waals surface area contributed by atoms with E-state index in [0.717, 1.165) is 49.7 Å². The number of rotatable bonds is 9. The number of nitrogens with zero attached hydrogens (tertiary/aromatic N) is 1. The van der Waals surface area contributed by atoms with Gasteiger partial charge in [0.2, 0.25) is 11.8 Å². The molecule has 4 rings (SSSR count). The Morgan fingerprint density at radius 3 is 2.08 bits per heavy atom. The van der Waals surface area contributed by atoms with Crippen LogP contribution in [0, 0.1) is 0 Å². The van der Waals surface area contributed by atoms with Crippen LogP contribution in [0.2, 0.25) is 0 Å². The summed E-state index contributed by atoms with van der Waals surface area (Å²) in [6.07, 6.45) is 6.63. The first kappa shape index (κ1) is 27.7. The van der Waals surface area contributed by atoms with Crippen molar-refractivity contribution >= 4 is 17.9 Å². The first-order valence-corrected chi connectivity index (χ1v) is 13.9. The minimum atomic E-state index is -0.874. The zero-order valence-corrected chi connectivity index (χ0v) is 22.8. The van der Waals surface area contributed by atoms with Gasteiger partial charge in [-0.05, 0) is 57.6 Å². The molecule has 2 aliphatic rings. The molecule has 2 aromatic rings. The fraction of sp³-hybridized carbons (Fsp3) is 0.516. The van der Waals surface area contributed by atoms with Gasteiger partial charge in [0, 0.05) is 18.5 Å². The van der Waals surface area contributed by atoms with Gasteiger partial charge in [0.05, 0.1) is 0 Å². The Labute approximate surface area is 226 Å². The van der Waals surface area contributed by atoms with Crippen LogP contribution in [0.4, 0.5) is 4.79 Å². The second kappa shape index (κ2) is 12.5. The van der Waals surface area contributed by atoms with Gasteiger partial charge in [0.1, 0.15) is 17.7 Å². The first-order chi connectivity index (χ1) is 18.2. The molecule has 2 saturated carbocycles. The molecule has 7 heteroatoms. The Balaban J connectivity index is 1.64. The van der Waals surface area contributed by atoms with Gasteiger partial charge in [-0.25, -0.2) is 4.79 Å². The van der Waals surface area contributed by atoms with Gasteiger partial charge in [-0.15, -0.1) is 0 Å². The number of benzene rings is 2. The topological polar surface area (TPSA) is 87.7 Å². The minimum Gasteiger partial charge on any atom is -0.444 e. The van der Waals surface area contributed by atoms with E-state index in [1.165, 1.54) is 6.42 Å². The molecule has 0 bridgehead atoms. The van der Waals surface area contributed by atoms with E-state index in [4.69, 9.17) is 4.74 Å². The summed E-state index contributed by atoms with van der Waals surface area (Å²) >= 11 is 0. The summed E-state index contributed by atoms with van der Waals surface area (Å²) in [7, 11) is 0. The van der Waals surface area contributed by atoms with Gasteiger partial charge in [-0.3, -0.25) is 9.59 Å². The highest BCUT2D eigenvalue weighted by Gasteiger charge is 2.44. The average Bonchev–Trinajstić information content (AvgIpc) is 3.72. The van der Waals surface area contributed by atoms with Crippen molar-refractivity contribution in [1.82, 2.24) is 15.5 Å². The zero-order valence-electron chi connectivity index (χ0n) is 22.8. The molecule has 0 aromatic heterocycles. The molecule has 2 atom stereocenters. The Morgan fingerprint density at radius 1 is 0.895 bits per heavy atom. The molecule has 204 valence electrons. The van der Waals surface area contributed by atoms with Crippen molar-refractivity contribution in [1.29, 1.82) is 0 Å². The summed E-state index contributed by atoms with van der Waals surface area (Å²) in [6.45, 7) is 5.37. The maximum Gasteiger partial charge on any atom is 0.408 e. The molecular formula is C31H41N3O4. The fourth-order valence-electron chi connectivity index (χ4n) is 5.15. The summed E-state index contributed by atoms with van der Waals surface area (Å²) in [5, 5.41) is 6.08. The minimum absolute atomic E-state index is 0.0523. The lowest BCUT2D eigenvalue weighted by Gasteiger charge is -2.36. The molecule has 0 aliphatic heterocycles. The quantitative estimate of drug-likeness (QED) is 0.470. The SMILES string of the molecule is CC(C)(C)OC(=O)NC(Cc1ccccc1)C(=O)N(C1CC1)C(C(=O)NC1CCCCC1)c1ccccc1. The van der Waals surface area contributed by atoms with E-state index in [2.05, 4.69) is 10.6 Å². The summed E-state index contributed by atoms with van der Waals surface area (Å²) in [6, 6.07) is 17.5. The predicted octanol–water partition coefficient (Wildman–Crippen LogP) is 5.30. The summed E-state index contributed by atoms with van der Waals surface area (Å²) in [5.74, 6) is -0.422. The highest BCUT2D eigenvalue weighted by molar-refractivity contribution is 5.92. The van der Waals surface area contributed by atoms with E-state index >= 15 is 0 Å². The van der Waals surface area contributed by atoms with Crippen molar-refractivity contribution in [2.45, 2.75) is 102 Å². The van der Waals surface area contributed by atoms with E-state index in [1.54, 1.807) is 25.7 Å². The highest BCUT2D eigenvalue weighted by atomic mass is 16.6. The van der Waals surface area contributed by atoms with E-state index in [9.17, 15) is 14.4 Å². The lowest BCUT2D eigenvalue weighted by Crippen LogP contribution is -2.55. The van der Waals surface area contributed by atoms with E-state index in [-0.39, 0.29) is 23.9 Å². The van der Waals surface area contributed by atoms with Crippen LogP contribution in [-0.2, 0) is 20.7 Å². The Hall–Kier alpha value is -3.35. The van der Waals surface area contributed by atoms with E-state index < -0.39 is 23.8 Å². The molecule has 2 aromatic carbocycles. The number of ether oxygens (including phenoxy) is 1. The third-order valence-corrected chi connectivity index (χ3v) is 7.06. The number of carbonyl (C=O) groups excluding carboxylic acids is 3. The van der Waals surface area contributed by atoms with Crippen LogP contribution in [0.15, 0.2) is 60.7 Å². The van der Waals surface area contributed by atoms with Crippen LogP contribution < -0.4 is 10.6 Å². The summed E-state index contributed by atoms with van der Waals surface area (Å²) < 4.78 is 5.50. The molecule has 38 heavy (non-hydrogen) atoms. The van der Waals surface area contributed by atoms with Crippen molar-refractivity contribution in [2.24, 2.45) is 0 Å². The molecule has 0 radical (unpaired) electrons. The largest absolute Gasteiger partial charge is 0.444 e. The van der Waals surface area contributed by atoms with Gasteiger partial charge < -0.3 is 20.3 Å². The normalized spacial score (nSPS) is 17.7. The Kier molecular flexibility index (Phi) is 9.08. The summed E-state index contributed by atoms with van der Waals surface area (Å²) in [5.41, 5.74) is 0.991. The third kappa shape index (κ3) is 7.83. The molecular weight excluding hydrogens is 478 g/mol. The fourth-order valence-corrected chi connectivity index (χ4v) is 5.15. The van der Waals surface area contributed by atoms with Crippen molar-refractivity contribution in [3.8, 4) is 0 Å². The lowest BCUT2D eigenvalue weighted by atomic mass is 9.94. The van der Waals surface area contributed by atoms with Crippen LogP contribution in [0.1, 0.15) is 82.9 Å². The first-order valence-electron chi connectivity index (χ1n) is 13.9. The zero-order chi connectivity index (χ0) is 27.1. The van der Waals surface area contributed by atoms with E-state index in [1.807, 2.05) is 60.7 Å². The lowest BCUT2D eigenvalue weighted by molar-refractivity contribution is -0.143. The molecule has 0 spiro atoms. The Morgan fingerprint density at radius 2 is 1.50 bits per heavy atom. The maximum atomic E-state index is 14.3. The second-order valence-corrected chi connectivity index (χ2v) is 11.5. The van der Waals surface area contributed by atoms with Gasteiger partial charge in [-0.1, -0.05) is 79.9 Å². The number of carbonyl (C=O) groups is 3. The second-order valence-electron chi connectivity index (χ2n) is 11.5. The number of alkyl carbamates (subject to hydrolysis) is 1. The van der Waals surface area contributed by atoms with Crippen molar-refractivity contribution in [2.75, 3.05) is 0 Å². The number of hydrogen-bond acceptors (Lipinski definition) is 4. The number of amides is 3. The molecule has 7 nitrogen and oxygen atoms in total. The van der Waals surface area contributed by atoms with Gasteiger partial charge in [-0.2, -0.15) is 0 Å². The molecule has 3 amide bonds. The molecule has 2 unspecified atom stereocenters. The standard InChI is InChI=1S/C31H41N3O4/c1-31(2,3)38-30(37)33-26(21-22-13-7-4-8-14-22)29(36)34(25-19-20-25)27(23-15-9-5-10-16-23)28(35)32-24-17-11-6-12-18-24/h4-5,7-10,13-16,24-27H,6,11-12,17-21H2,1-3H3,(H,32,35)(H,33,37). The van der Waals surface area contributed by atoms with E-state index in [0.29, 0.717) is 6.42 Å². The molecule has 2 N–H and O–H groups in total. The van der Waals surface area contributed by atoms with Crippen LogP contribution in [0.25, 0.3) is 0 Å². The molecule has 0 heterocycles. The molecule has 2 aliphatic carbocycles. The number of nitrogens with one attached hydrogen (secondary N) is 2. The van der Waals surface area contributed by atoms with Crippen LogP contribution in [0.3, 0.4) is 0 Å². The predicted molar refractivity (Wildman–Crippen MR) is 147 cm³/mol. The van der Waals surface area contributed by atoms with Crippen LogP contribution >= 0.6 is 0 Å².